The number of unbranched alkanes of at least 4 members (excludes halogenated alkanes) is 26. The summed E-state index contributed by atoms with van der Waals surface area (Å²) in [5.74, 6) is -0.593. The van der Waals surface area contributed by atoms with Crippen molar-refractivity contribution in [2.24, 2.45) is 0 Å². The first-order valence-corrected chi connectivity index (χ1v) is 34.2. The van der Waals surface area contributed by atoms with Crippen LogP contribution in [-0.2, 0) is 27.9 Å². The summed E-state index contributed by atoms with van der Waals surface area (Å²) in [5, 5.41) is 3.01. The number of carbonyl (C=O) groups excluding carboxylic acids is 2. The second-order valence-corrected chi connectivity index (χ2v) is 24.3. The summed E-state index contributed by atoms with van der Waals surface area (Å²) in [6.07, 6.45) is 80.5. The van der Waals surface area contributed by atoms with Crippen molar-refractivity contribution in [3.05, 3.63) is 109 Å². The van der Waals surface area contributed by atoms with E-state index in [4.69, 9.17) is 13.8 Å². The molecule has 0 saturated carbocycles. The van der Waals surface area contributed by atoms with Gasteiger partial charge in [-0.15, -0.1) is 0 Å². The van der Waals surface area contributed by atoms with Gasteiger partial charge in [-0.1, -0.05) is 246 Å². The summed E-state index contributed by atoms with van der Waals surface area (Å²) in [4.78, 5) is 40.1. The maximum Gasteiger partial charge on any atom is 0.306 e. The van der Waals surface area contributed by atoms with Crippen LogP contribution in [0.15, 0.2) is 109 Å². The highest BCUT2D eigenvalue weighted by atomic mass is 31.2. The summed E-state index contributed by atoms with van der Waals surface area (Å²) >= 11 is 0. The molecule has 0 aliphatic heterocycles. The maximum atomic E-state index is 13.5. The molecule has 9 nitrogen and oxygen atoms in total. The number of nitrogens with zero attached hydrogens (tertiary/aromatic N) is 1. The van der Waals surface area contributed by atoms with Gasteiger partial charge in [0.05, 0.1) is 33.8 Å². The maximum absolute atomic E-state index is 13.5. The molecule has 0 heterocycles. The minimum atomic E-state index is -4.72. The van der Waals surface area contributed by atoms with Gasteiger partial charge in [0.15, 0.2) is 0 Å². The van der Waals surface area contributed by atoms with Crippen molar-refractivity contribution in [2.75, 3.05) is 40.9 Å². The fraction of sp³-hybridized carbons (Fsp3) is 0.714. The van der Waals surface area contributed by atoms with Gasteiger partial charge in [0.1, 0.15) is 19.3 Å². The molecule has 0 aliphatic rings. The molecule has 1 amide bonds. The van der Waals surface area contributed by atoms with Crippen LogP contribution in [0.4, 0.5) is 0 Å². The first-order valence-electron chi connectivity index (χ1n) is 32.7. The standard InChI is InChI=1S/C70H123N2O7P/c1-7-10-13-16-19-22-25-28-30-32-34-35-36-37-39-41-43-45-48-51-54-57-60-63-70(74)79-68(61-58-55-52-49-46-27-24-21-18-15-12-9-3)67(66-78-80(75,76)77-65-64-72(4,5)6)71-69(73)62-59-56-53-50-47-44-42-40-38-33-31-29-26-23-20-17-14-11-8-2/h19-20,22-23,28-31,34-35,37-40,44,47,58,61,67-68H,7-18,21,24-27,32-33,36,41-43,45-46,48-57,59-60,62-66H2,1-6H3,(H-,71,73,75,76)/b22-19-,23-20-,30-28-,31-29-,35-34-,39-37-,40-38-,47-44-,61-58+. The van der Waals surface area contributed by atoms with Crippen LogP contribution in [0.5, 0.6) is 0 Å². The lowest BCUT2D eigenvalue weighted by Crippen LogP contribution is -2.47. The number of hydrogen-bond donors (Lipinski definition) is 1. The van der Waals surface area contributed by atoms with Crippen LogP contribution in [0.3, 0.4) is 0 Å². The van der Waals surface area contributed by atoms with Crippen LogP contribution in [0, 0.1) is 0 Å². The molecule has 10 heteroatoms. The number of quaternary nitrogens is 1. The molecule has 0 aromatic rings. The molecule has 0 aliphatic carbocycles. The number of likely N-dealkylation sites (N-methyl/N-ethyl adjacent to an activating group) is 1. The molecule has 80 heavy (non-hydrogen) atoms. The van der Waals surface area contributed by atoms with Gasteiger partial charge in [-0.2, -0.15) is 0 Å². The number of esters is 1. The summed E-state index contributed by atoms with van der Waals surface area (Å²) in [6.45, 7) is 6.75. The predicted molar refractivity (Wildman–Crippen MR) is 344 cm³/mol. The third kappa shape index (κ3) is 59.3. The average Bonchev–Trinajstić information content (AvgIpc) is 3.43. The number of ether oxygens (including phenoxy) is 1. The molecule has 460 valence electrons. The molecule has 0 saturated heterocycles. The Kier molecular flexibility index (Phi) is 56.4. The van der Waals surface area contributed by atoms with Crippen LogP contribution < -0.4 is 10.2 Å². The Morgan fingerprint density at radius 1 is 0.438 bits per heavy atom. The number of allylic oxidation sites excluding steroid dienone is 17. The lowest BCUT2D eigenvalue weighted by atomic mass is 10.0. The normalized spacial score (nSPS) is 14.3. The zero-order valence-electron chi connectivity index (χ0n) is 52.5. The van der Waals surface area contributed by atoms with Crippen LogP contribution >= 0.6 is 7.82 Å². The minimum absolute atomic E-state index is 0.0361. The Bertz CT molecular complexity index is 1740. The minimum Gasteiger partial charge on any atom is -0.756 e. The van der Waals surface area contributed by atoms with Gasteiger partial charge in [0.25, 0.3) is 7.82 Å². The fourth-order valence-electron chi connectivity index (χ4n) is 8.84. The summed E-state index contributed by atoms with van der Waals surface area (Å²) in [6, 6.07) is -0.917. The van der Waals surface area contributed by atoms with Gasteiger partial charge in [0.2, 0.25) is 5.91 Å². The van der Waals surface area contributed by atoms with E-state index in [0.717, 1.165) is 103 Å². The van der Waals surface area contributed by atoms with Crippen LogP contribution in [0.2, 0.25) is 0 Å². The Hall–Kier alpha value is -3.33. The van der Waals surface area contributed by atoms with Gasteiger partial charge in [-0.3, -0.25) is 14.2 Å². The predicted octanol–water partition coefficient (Wildman–Crippen LogP) is 19.9. The zero-order chi connectivity index (χ0) is 58.6. The number of phosphoric ester groups is 1. The Morgan fingerprint density at radius 3 is 1.18 bits per heavy atom. The van der Waals surface area contributed by atoms with E-state index in [0.29, 0.717) is 23.9 Å². The highest BCUT2D eigenvalue weighted by Crippen LogP contribution is 2.38. The van der Waals surface area contributed by atoms with Gasteiger partial charge in [-0.05, 0) is 122 Å². The molecule has 0 radical (unpaired) electrons. The highest BCUT2D eigenvalue weighted by Gasteiger charge is 2.27. The van der Waals surface area contributed by atoms with E-state index in [2.05, 4.69) is 123 Å². The van der Waals surface area contributed by atoms with Crippen LogP contribution in [0.1, 0.15) is 271 Å². The van der Waals surface area contributed by atoms with Crippen molar-refractivity contribution in [1.29, 1.82) is 0 Å². The smallest absolute Gasteiger partial charge is 0.306 e. The molecule has 0 aromatic carbocycles. The first kappa shape index (κ1) is 76.7. The number of carbonyl (C=O) groups is 2. The van der Waals surface area contributed by atoms with E-state index >= 15 is 0 Å². The molecule has 0 rings (SSSR count). The first-order chi connectivity index (χ1) is 38.9. The molecular formula is C70H123N2O7P. The molecule has 3 unspecified atom stereocenters. The third-order valence-corrected chi connectivity index (χ3v) is 14.9. The molecule has 1 N–H and O–H groups in total. The van der Waals surface area contributed by atoms with E-state index in [1.807, 2.05) is 33.3 Å². The van der Waals surface area contributed by atoms with Crippen LogP contribution in [-0.4, -0.2) is 69.4 Å². The molecule has 0 aromatic heterocycles. The quantitative estimate of drug-likeness (QED) is 0.0212. The Balaban J connectivity index is 5.28. The van der Waals surface area contributed by atoms with Crippen molar-refractivity contribution in [3.63, 3.8) is 0 Å². The zero-order valence-corrected chi connectivity index (χ0v) is 53.4. The Morgan fingerprint density at radius 2 is 0.762 bits per heavy atom. The highest BCUT2D eigenvalue weighted by molar-refractivity contribution is 7.45. The van der Waals surface area contributed by atoms with Crippen molar-refractivity contribution in [1.82, 2.24) is 5.32 Å². The van der Waals surface area contributed by atoms with Gasteiger partial charge >= 0.3 is 5.97 Å². The second kappa shape index (κ2) is 58.9. The lowest BCUT2D eigenvalue weighted by molar-refractivity contribution is -0.870. The third-order valence-electron chi connectivity index (χ3n) is 13.9. The van der Waals surface area contributed by atoms with Gasteiger partial charge in [0, 0.05) is 12.8 Å². The van der Waals surface area contributed by atoms with Gasteiger partial charge < -0.3 is 28.5 Å². The Labute approximate surface area is 493 Å². The SMILES string of the molecule is CCCCC/C=C\C/C=C\C/C=C\C/C=C\CCCCCCCCCC(=O)OC(/C=C/CCCCCCCCCCCC)C(COP(=O)([O-])OCC[N+](C)(C)C)NC(=O)CCCCC/C=C\C/C=C\C/C=C\C/C=C\CCCCC. The number of amides is 1. The summed E-state index contributed by atoms with van der Waals surface area (Å²) in [5.41, 5.74) is 0. The molecule has 0 fully saturated rings. The number of hydrogen-bond acceptors (Lipinski definition) is 7. The largest absolute Gasteiger partial charge is 0.756 e. The summed E-state index contributed by atoms with van der Waals surface area (Å²) < 4.78 is 30.3. The average molecular weight is 1140 g/mol. The van der Waals surface area contributed by atoms with Crippen LogP contribution in [0.25, 0.3) is 0 Å². The topological polar surface area (TPSA) is 114 Å². The lowest BCUT2D eigenvalue weighted by Gasteiger charge is -2.30. The van der Waals surface area contributed by atoms with Crippen molar-refractivity contribution >= 4 is 19.7 Å². The van der Waals surface area contributed by atoms with E-state index in [9.17, 15) is 19.0 Å². The van der Waals surface area contributed by atoms with Crippen molar-refractivity contribution in [3.8, 4) is 0 Å². The molecule has 3 atom stereocenters. The molecular weight excluding hydrogens is 1010 g/mol. The van der Waals surface area contributed by atoms with E-state index < -0.39 is 26.6 Å². The number of nitrogens with one attached hydrogen (secondary N) is 1. The van der Waals surface area contributed by atoms with Gasteiger partial charge in [-0.25, -0.2) is 0 Å². The van der Waals surface area contributed by atoms with E-state index in [1.165, 1.54) is 122 Å². The van der Waals surface area contributed by atoms with E-state index in [1.54, 1.807) is 0 Å². The molecule has 0 spiro atoms. The number of rotatable bonds is 58. The second-order valence-electron chi connectivity index (χ2n) is 22.9. The molecule has 0 bridgehead atoms. The van der Waals surface area contributed by atoms with Crippen molar-refractivity contribution < 1.29 is 37.3 Å². The monoisotopic (exact) mass is 1130 g/mol. The fourth-order valence-corrected chi connectivity index (χ4v) is 9.56. The number of phosphoric acid groups is 1. The summed E-state index contributed by atoms with van der Waals surface area (Å²) in [7, 11) is 1.14. The van der Waals surface area contributed by atoms with E-state index in [-0.39, 0.29) is 31.3 Å². The van der Waals surface area contributed by atoms with Crippen molar-refractivity contribution in [2.45, 2.75) is 283 Å².